The molecule has 1 aromatic carbocycles. The third-order valence-corrected chi connectivity index (χ3v) is 4.03. The van der Waals surface area contributed by atoms with Crippen molar-refractivity contribution >= 4 is 28.6 Å². The maximum Gasteiger partial charge on any atom is 0.227 e. The topological polar surface area (TPSA) is 95.8 Å². The first-order chi connectivity index (χ1) is 12.1. The molecule has 1 unspecified atom stereocenters. The number of benzene rings is 1. The Morgan fingerprint density at radius 1 is 1.12 bits per heavy atom. The van der Waals surface area contributed by atoms with Gasteiger partial charge >= 0.3 is 0 Å². The molecule has 3 aromatic rings. The molecular formula is C18H22N6O. The Morgan fingerprint density at radius 3 is 2.68 bits per heavy atom. The van der Waals surface area contributed by atoms with E-state index in [1.54, 1.807) is 12.4 Å². The molecule has 3 rings (SSSR count). The molecule has 0 amide bonds. The van der Waals surface area contributed by atoms with Crippen molar-refractivity contribution in [3.8, 4) is 0 Å². The van der Waals surface area contributed by atoms with Gasteiger partial charge in [0, 0.05) is 18.1 Å². The molecule has 0 saturated heterocycles. The van der Waals surface area contributed by atoms with Gasteiger partial charge in [0.15, 0.2) is 17.0 Å². The normalized spacial score (nSPS) is 12.2. The second-order valence-electron chi connectivity index (χ2n) is 6.00. The zero-order valence-corrected chi connectivity index (χ0v) is 14.6. The van der Waals surface area contributed by atoms with Crippen LogP contribution in [0.15, 0.2) is 30.6 Å². The van der Waals surface area contributed by atoms with Gasteiger partial charge in [-0.1, -0.05) is 19.1 Å². The highest BCUT2D eigenvalue weighted by Gasteiger charge is 2.13. The Balaban J connectivity index is 2.04. The van der Waals surface area contributed by atoms with E-state index in [1.165, 1.54) is 0 Å². The van der Waals surface area contributed by atoms with E-state index in [2.05, 4.69) is 48.8 Å². The summed E-state index contributed by atoms with van der Waals surface area (Å²) in [5.41, 5.74) is 4.33. The maximum absolute atomic E-state index is 9.41. The molecule has 0 aliphatic carbocycles. The van der Waals surface area contributed by atoms with Gasteiger partial charge in [0.2, 0.25) is 5.95 Å². The molecule has 25 heavy (non-hydrogen) atoms. The summed E-state index contributed by atoms with van der Waals surface area (Å²) in [5, 5.41) is 15.9. The quantitative estimate of drug-likeness (QED) is 0.636. The highest BCUT2D eigenvalue weighted by Crippen LogP contribution is 2.25. The van der Waals surface area contributed by atoms with E-state index in [1.807, 2.05) is 20.8 Å². The number of nitrogens with one attached hydrogen (secondary N) is 2. The maximum atomic E-state index is 9.41. The Hall–Kier alpha value is -2.80. The van der Waals surface area contributed by atoms with Crippen LogP contribution in [0.5, 0.6) is 0 Å². The SMILES string of the molecule is CCC(CO)Nc1nc(Nc2cc(C)ccc2C)c2nccnc2n1. The second-order valence-corrected chi connectivity index (χ2v) is 6.00. The van der Waals surface area contributed by atoms with E-state index in [-0.39, 0.29) is 12.6 Å². The number of nitrogens with zero attached hydrogens (tertiary/aromatic N) is 4. The van der Waals surface area contributed by atoms with Gasteiger partial charge in [0.25, 0.3) is 0 Å². The van der Waals surface area contributed by atoms with Gasteiger partial charge < -0.3 is 15.7 Å². The van der Waals surface area contributed by atoms with Gasteiger partial charge in [-0.25, -0.2) is 9.97 Å². The van der Waals surface area contributed by atoms with Gasteiger partial charge in [0.05, 0.1) is 12.6 Å². The lowest BCUT2D eigenvalue weighted by Crippen LogP contribution is -2.24. The lowest BCUT2D eigenvalue weighted by Gasteiger charge is -2.16. The first-order valence-electron chi connectivity index (χ1n) is 8.31. The van der Waals surface area contributed by atoms with E-state index in [9.17, 15) is 5.11 Å². The number of hydrogen-bond acceptors (Lipinski definition) is 7. The molecule has 0 bridgehead atoms. The van der Waals surface area contributed by atoms with E-state index in [0.717, 1.165) is 23.2 Å². The fraction of sp³-hybridized carbons (Fsp3) is 0.333. The predicted molar refractivity (Wildman–Crippen MR) is 99.1 cm³/mol. The second kappa shape index (κ2) is 7.40. The third-order valence-electron chi connectivity index (χ3n) is 4.03. The lowest BCUT2D eigenvalue weighted by molar-refractivity contribution is 0.271. The van der Waals surface area contributed by atoms with E-state index < -0.39 is 0 Å². The third kappa shape index (κ3) is 3.83. The average Bonchev–Trinajstić information content (AvgIpc) is 2.62. The van der Waals surface area contributed by atoms with Gasteiger partial charge in [-0.15, -0.1) is 0 Å². The van der Waals surface area contributed by atoms with Crippen molar-refractivity contribution in [2.45, 2.75) is 33.2 Å². The zero-order valence-electron chi connectivity index (χ0n) is 14.6. The van der Waals surface area contributed by atoms with Gasteiger partial charge in [-0.05, 0) is 37.5 Å². The van der Waals surface area contributed by atoms with Gasteiger partial charge in [0.1, 0.15) is 0 Å². The average molecular weight is 338 g/mol. The van der Waals surface area contributed by atoms with Crippen molar-refractivity contribution in [1.82, 2.24) is 19.9 Å². The first kappa shape index (κ1) is 17.0. The standard InChI is InChI=1S/C18H22N6O/c1-4-13(10-25)21-18-23-16-15(19-7-8-20-16)17(24-18)22-14-9-11(2)5-6-12(14)3/h5-9,13,25H,4,10H2,1-3H3,(H2,20,21,22,23,24). The predicted octanol–water partition coefficient (Wildman–Crippen LogP) is 2.96. The van der Waals surface area contributed by atoms with Crippen LogP contribution in [0.2, 0.25) is 0 Å². The van der Waals surface area contributed by atoms with E-state index >= 15 is 0 Å². The fourth-order valence-corrected chi connectivity index (χ4v) is 2.47. The number of aliphatic hydroxyl groups is 1. The van der Waals surface area contributed by atoms with Crippen molar-refractivity contribution < 1.29 is 5.11 Å². The summed E-state index contributed by atoms with van der Waals surface area (Å²) in [7, 11) is 0. The van der Waals surface area contributed by atoms with Crippen LogP contribution in [-0.2, 0) is 0 Å². The number of aliphatic hydroxyl groups excluding tert-OH is 1. The molecule has 2 aromatic heterocycles. The summed E-state index contributed by atoms with van der Waals surface area (Å²) in [5.74, 6) is 1.00. The molecule has 7 nitrogen and oxygen atoms in total. The smallest absolute Gasteiger partial charge is 0.227 e. The zero-order chi connectivity index (χ0) is 17.8. The monoisotopic (exact) mass is 338 g/mol. The van der Waals surface area contributed by atoms with Crippen LogP contribution in [-0.4, -0.2) is 37.7 Å². The van der Waals surface area contributed by atoms with Gasteiger partial charge in [-0.2, -0.15) is 9.97 Å². The lowest BCUT2D eigenvalue weighted by atomic mass is 10.1. The molecule has 0 radical (unpaired) electrons. The number of anilines is 3. The number of fused-ring (bicyclic) bond motifs is 1. The van der Waals surface area contributed by atoms with Crippen LogP contribution in [0, 0.1) is 13.8 Å². The summed E-state index contributed by atoms with van der Waals surface area (Å²) in [6, 6.07) is 6.08. The minimum atomic E-state index is -0.109. The molecule has 0 saturated carbocycles. The van der Waals surface area contributed by atoms with Crippen molar-refractivity contribution in [2.24, 2.45) is 0 Å². The van der Waals surface area contributed by atoms with Crippen LogP contribution in [0.1, 0.15) is 24.5 Å². The van der Waals surface area contributed by atoms with Crippen LogP contribution in [0.3, 0.4) is 0 Å². The van der Waals surface area contributed by atoms with Crippen molar-refractivity contribution in [1.29, 1.82) is 0 Å². The summed E-state index contributed by atoms with van der Waals surface area (Å²) >= 11 is 0. The molecule has 0 aliphatic heterocycles. The summed E-state index contributed by atoms with van der Waals surface area (Å²) in [6.45, 7) is 6.08. The summed E-state index contributed by atoms with van der Waals surface area (Å²) < 4.78 is 0. The number of hydrogen-bond donors (Lipinski definition) is 3. The minimum absolute atomic E-state index is 0.0120. The van der Waals surface area contributed by atoms with Crippen LogP contribution in [0.4, 0.5) is 17.5 Å². The molecule has 7 heteroatoms. The van der Waals surface area contributed by atoms with Crippen molar-refractivity contribution in [3.63, 3.8) is 0 Å². The Kier molecular flexibility index (Phi) is 5.04. The molecule has 1 atom stereocenters. The molecule has 0 fully saturated rings. The Morgan fingerprint density at radius 2 is 1.92 bits per heavy atom. The minimum Gasteiger partial charge on any atom is -0.394 e. The number of aryl methyl sites for hydroxylation is 2. The van der Waals surface area contributed by atoms with Crippen LogP contribution < -0.4 is 10.6 Å². The molecule has 130 valence electrons. The highest BCUT2D eigenvalue weighted by molar-refractivity contribution is 5.86. The number of rotatable bonds is 6. The largest absolute Gasteiger partial charge is 0.394 e. The first-order valence-corrected chi connectivity index (χ1v) is 8.31. The van der Waals surface area contributed by atoms with Crippen LogP contribution >= 0.6 is 0 Å². The molecular weight excluding hydrogens is 316 g/mol. The van der Waals surface area contributed by atoms with E-state index in [4.69, 9.17) is 0 Å². The molecule has 0 aliphatic rings. The highest BCUT2D eigenvalue weighted by atomic mass is 16.3. The van der Waals surface area contributed by atoms with E-state index in [0.29, 0.717) is 22.9 Å². The van der Waals surface area contributed by atoms with Crippen molar-refractivity contribution in [2.75, 3.05) is 17.2 Å². The molecule has 0 spiro atoms. The van der Waals surface area contributed by atoms with Gasteiger partial charge in [-0.3, -0.25) is 0 Å². The fourth-order valence-electron chi connectivity index (χ4n) is 2.47. The van der Waals surface area contributed by atoms with Crippen LogP contribution in [0.25, 0.3) is 11.2 Å². The molecule has 2 heterocycles. The summed E-state index contributed by atoms with van der Waals surface area (Å²) in [4.78, 5) is 17.6. The summed E-state index contributed by atoms with van der Waals surface area (Å²) in [6.07, 6.45) is 3.98. The molecule has 3 N–H and O–H groups in total. The number of aromatic nitrogens is 4. The Labute approximate surface area is 146 Å². The Bertz CT molecular complexity index is 879. The van der Waals surface area contributed by atoms with Crippen molar-refractivity contribution in [3.05, 3.63) is 41.7 Å².